The van der Waals surface area contributed by atoms with Crippen LogP contribution in [0.15, 0.2) is 30.3 Å². The van der Waals surface area contributed by atoms with Gasteiger partial charge in [0.15, 0.2) is 0 Å². The molecule has 1 unspecified atom stereocenters. The van der Waals surface area contributed by atoms with E-state index < -0.39 is 11.8 Å². The summed E-state index contributed by atoms with van der Waals surface area (Å²) in [5.41, 5.74) is 3.60. The molecule has 6 nitrogen and oxygen atoms in total. The van der Waals surface area contributed by atoms with Gasteiger partial charge in [-0.05, 0) is 18.4 Å². The maximum Gasteiger partial charge on any atom is 0.253 e. The summed E-state index contributed by atoms with van der Waals surface area (Å²) >= 11 is 0. The predicted octanol–water partition coefficient (Wildman–Crippen LogP) is 0.245. The lowest BCUT2D eigenvalue weighted by atomic mass is 10.0. The van der Waals surface area contributed by atoms with Gasteiger partial charge in [0.2, 0.25) is 5.91 Å². The summed E-state index contributed by atoms with van der Waals surface area (Å²) in [5.74, 6) is -1.95. The van der Waals surface area contributed by atoms with E-state index in [9.17, 15) is 14.4 Å². The van der Waals surface area contributed by atoms with Gasteiger partial charge in [0.25, 0.3) is 11.8 Å². The first-order chi connectivity index (χ1) is 10.1. The molecule has 1 saturated heterocycles. The first-order valence-corrected chi connectivity index (χ1v) is 6.96. The number of benzene rings is 1. The Morgan fingerprint density at radius 3 is 2.62 bits per heavy atom. The Morgan fingerprint density at radius 2 is 2.00 bits per heavy atom. The van der Waals surface area contributed by atoms with Crippen LogP contribution in [-0.4, -0.2) is 36.3 Å². The predicted molar refractivity (Wildman–Crippen MR) is 76.8 cm³/mol. The van der Waals surface area contributed by atoms with Gasteiger partial charge >= 0.3 is 0 Å². The fourth-order valence-electron chi connectivity index (χ4n) is 2.25. The molecule has 0 spiro atoms. The van der Waals surface area contributed by atoms with Crippen LogP contribution in [0, 0.1) is 5.92 Å². The first-order valence-electron chi connectivity index (χ1n) is 6.96. The van der Waals surface area contributed by atoms with Crippen LogP contribution in [-0.2, 0) is 20.8 Å². The summed E-state index contributed by atoms with van der Waals surface area (Å²) in [7, 11) is 1.47. The van der Waals surface area contributed by atoms with Crippen LogP contribution in [0.3, 0.4) is 0 Å². The van der Waals surface area contributed by atoms with Gasteiger partial charge in [-0.1, -0.05) is 30.3 Å². The minimum Gasteiger partial charge on any atom is -0.356 e. The minimum absolute atomic E-state index is 0.0969. The Morgan fingerprint density at radius 1 is 1.29 bits per heavy atom. The van der Waals surface area contributed by atoms with Gasteiger partial charge in [-0.2, -0.15) is 0 Å². The number of carbonyl (C=O) groups excluding carboxylic acids is 3. The zero-order chi connectivity index (χ0) is 15.2. The van der Waals surface area contributed by atoms with Crippen LogP contribution in [0.25, 0.3) is 0 Å². The van der Waals surface area contributed by atoms with E-state index in [1.54, 1.807) is 0 Å². The molecule has 6 heteroatoms. The van der Waals surface area contributed by atoms with E-state index in [4.69, 9.17) is 0 Å². The molecule has 1 aliphatic heterocycles. The Balaban J connectivity index is 1.68. The van der Waals surface area contributed by atoms with Gasteiger partial charge in [0.05, 0.1) is 0 Å². The van der Waals surface area contributed by atoms with Gasteiger partial charge in [0, 0.05) is 20.0 Å². The third-order valence-corrected chi connectivity index (χ3v) is 3.42. The van der Waals surface area contributed by atoms with Crippen molar-refractivity contribution in [3.05, 3.63) is 35.9 Å². The van der Waals surface area contributed by atoms with Gasteiger partial charge in [-0.25, -0.2) is 0 Å². The number of hydrazine groups is 1. The van der Waals surface area contributed by atoms with Crippen LogP contribution < -0.4 is 10.7 Å². The molecule has 1 atom stereocenters. The number of carbonyl (C=O) groups is 3. The van der Waals surface area contributed by atoms with Gasteiger partial charge < -0.3 is 5.32 Å². The summed E-state index contributed by atoms with van der Waals surface area (Å²) in [5, 5.41) is 3.87. The second-order valence-electron chi connectivity index (χ2n) is 5.07. The molecule has 1 heterocycles. The highest BCUT2D eigenvalue weighted by Crippen LogP contribution is 2.12. The lowest BCUT2D eigenvalue weighted by Crippen LogP contribution is -2.31. The average Bonchev–Trinajstić information content (AvgIpc) is 2.71. The largest absolute Gasteiger partial charge is 0.356 e. The van der Waals surface area contributed by atoms with E-state index in [-0.39, 0.29) is 18.2 Å². The molecule has 3 amide bonds. The van der Waals surface area contributed by atoms with Crippen LogP contribution >= 0.6 is 0 Å². The Labute approximate surface area is 123 Å². The first kappa shape index (κ1) is 15.0. The van der Waals surface area contributed by atoms with E-state index in [1.807, 2.05) is 30.3 Å². The van der Waals surface area contributed by atoms with Crippen molar-refractivity contribution in [1.82, 2.24) is 15.8 Å². The van der Waals surface area contributed by atoms with E-state index in [2.05, 4.69) is 10.7 Å². The number of amides is 3. The molecule has 1 aromatic rings. The van der Waals surface area contributed by atoms with Crippen LogP contribution in [0.1, 0.15) is 18.4 Å². The molecule has 0 radical (unpaired) electrons. The number of nitrogens with one attached hydrogen (secondary N) is 2. The summed E-state index contributed by atoms with van der Waals surface area (Å²) < 4.78 is 0. The number of hydrogen-bond donors (Lipinski definition) is 2. The Bertz CT molecular complexity index is 530. The number of aryl methyl sites for hydroxylation is 1. The fourth-order valence-corrected chi connectivity index (χ4v) is 2.25. The van der Waals surface area contributed by atoms with E-state index >= 15 is 0 Å². The molecule has 21 heavy (non-hydrogen) atoms. The standard InChI is InChI=1S/C15H19N3O3/c1-18-15(21)12(14(20)17-18)10-13(19)16-9-5-8-11-6-3-2-4-7-11/h2-4,6-7,12H,5,8-10H2,1H3,(H,16,19)(H,17,20). The minimum atomic E-state index is -0.899. The van der Waals surface area contributed by atoms with Gasteiger partial charge in [0.1, 0.15) is 5.92 Å². The molecule has 112 valence electrons. The summed E-state index contributed by atoms with van der Waals surface area (Å²) in [6.45, 7) is 0.534. The number of rotatable bonds is 6. The Kier molecular flexibility index (Phi) is 4.92. The van der Waals surface area contributed by atoms with Crippen LogP contribution in [0.5, 0.6) is 0 Å². The third kappa shape index (κ3) is 4.05. The molecule has 1 aliphatic rings. The normalized spacial score (nSPS) is 17.8. The maximum absolute atomic E-state index is 11.7. The molecule has 0 bridgehead atoms. The highest BCUT2D eigenvalue weighted by molar-refractivity contribution is 6.07. The van der Waals surface area contributed by atoms with Crippen LogP contribution in [0.2, 0.25) is 0 Å². The molecule has 1 fully saturated rings. The maximum atomic E-state index is 11.7. The van der Waals surface area contributed by atoms with Crippen molar-refractivity contribution >= 4 is 17.7 Å². The van der Waals surface area contributed by atoms with E-state index in [0.29, 0.717) is 6.54 Å². The molecule has 1 aromatic carbocycles. The number of nitrogens with zero attached hydrogens (tertiary/aromatic N) is 1. The van der Waals surface area contributed by atoms with Crippen LogP contribution in [0.4, 0.5) is 0 Å². The molecule has 2 N–H and O–H groups in total. The van der Waals surface area contributed by atoms with E-state index in [0.717, 1.165) is 17.9 Å². The average molecular weight is 289 g/mol. The van der Waals surface area contributed by atoms with Crippen molar-refractivity contribution in [2.24, 2.45) is 5.92 Å². The zero-order valence-corrected chi connectivity index (χ0v) is 12.0. The topological polar surface area (TPSA) is 78.5 Å². The number of hydrogen-bond acceptors (Lipinski definition) is 3. The van der Waals surface area contributed by atoms with Crippen molar-refractivity contribution in [3.63, 3.8) is 0 Å². The molecule has 0 aliphatic carbocycles. The molecule has 0 saturated carbocycles. The van der Waals surface area contributed by atoms with Gasteiger partial charge in [-0.15, -0.1) is 0 Å². The SMILES string of the molecule is CN1NC(=O)C(CC(=O)NCCCc2ccccc2)C1=O. The monoisotopic (exact) mass is 289 g/mol. The van der Waals surface area contributed by atoms with Crippen molar-refractivity contribution in [2.75, 3.05) is 13.6 Å². The molecule has 0 aromatic heterocycles. The lowest BCUT2D eigenvalue weighted by molar-refractivity contribution is -0.135. The quantitative estimate of drug-likeness (QED) is 0.582. The zero-order valence-electron chi connectivity index (χ0n) is 12.0. The van der Waals surface area contributed by atoms with Crippen molar-refractivity contribution in [1.29, 1.82) is 0 Å². The summed E-state index contributed by atoms with van der Waals surface area (Å²) in [6.07, 6.45) is 1.60. The van der Waals surface area contributed by atoms with E-state index in [1.165, 1.54) is 12.6 Å². The van der Waals surface area contributed by atoms with Gasteiger partial charge in [-0.3, -0.25) is 24.8 Å². The second kappa shape index (κ2) is 6.88. The fraction of sp³-hybridized carbons (Fsp3) is 0.400. The van der Waals surface area contributed by atoms with Crippen molar-refractivity contribution < 1.29 is 14.4 Å². The Hall–Kier alpha value is -2.37. The third-order valence-electron chi connectivity index (χ3n) is 3.42. The molecular formula is C15H19N3O3. The molecule has 2 rings (SSSR count). The van der Waals surface area contributed by atoms with Crippen molar-refractivity contribution in [3.8, 4) is 0 Å². The smallest absolute Gasteiger partial charge is 0.253 e. The highest BCUT2D eigenvalue weighted by atomic mass is 16.2. The molecular weight excluding hydrogens is 270 g/mol. The summed E-state index contributed by atoms with van der Waals surface area (Å²) in [4.78, 5) is 34.9. The summed E-state index contributed by atoms with van der Waals surface area (Å²) in [6, 6.07) is 10.0. The highest BCUT2D eigenvalue weighted by Gasteiger charge is 2.38. The second-order valence-corrected chi connectivity index (χ2v) is 5.07. The lowest BCUT2D eigenvalue weighted by Gasteiger charge is -2.08. The van der Waals surface area contributed by atoms with Crippen molar-refractivity contribution in [2.45, 2.75) is 19.3 Å².